The number of piperidine rings is 1. The quantitative estimate of drug-likeness (QED) is 0.797. The van der Waals surface area contributed by atoms with E-state index < -0.39 is 0 Å². The van der Waals surface area contributed by atoms with Crippen molar-refractivity contribution in [2.45, 2.75) is 25.8 Å². The predicted molar refractivity (Wildman–Crippen MR) is 101 cm³/mol. The van der Waals surface area contributed by atoms with Crippen LogP contribution in [0, 0.1) is 0 Å². The summed E-state index contributed by atoms with van der Waals surface area (Å²) in [6.07, 6.45) is 2.36. The van der Waals surface area contributed by atoms with Crippen LogP contribution in [0.1, 0.15) is 19.8 Å². The van der Waals surface area contributed by atoms with Crippen LogP contribution in [-0.2, 0) is 0 Å². The molecular weight excluding hydrogens is 319 g/mol. The lowest BCUT2D eigenvalue weighted by Crippen LogP contribution is -2.53. The SMILES string of the molecule is CCOc1cc(N2CCC(N3CCN(CCF)CC3)CC2)ccc1N. The van der Waals surface area contributed by atoms with Crippen LogP contribution in [0.4, 0.5) is 15.8 Å². The van der Waals surface area contributed by atoms with Crippen molar-refractivity contribution in [1.29, 1.82) is 0 Å². The molecule has 0 unspecified atom stereocenters. The highest BCUT2D eigenvalue weighted by atomic mass is 19.1. The number of nitrogens with zero attached hydrogens (tertiary/aromatic N) is 3. The molecule has 140 valence electrons. The maximum atomic E-state index is 12.5. The van der Waals surface area contributed by atoms with Crippen molar-refractivity contribution in [3.05, 3.63) is 18.2 Å². The van der Waals surface area contributed by atoms with Gasteiger partial charge in [0.15, 0.2) is 0 Å². The average Bonchev–Trinajstić information content (AvgIpc) is 2.65. The number of piperazine rings is 1. The van der Waals surface area contributed by atoms with Crippen LogP contribution in [0.25, 0.3) is 0 Å². The second-order valence-corrected chi connectivity index (χ2v) is 6.94. The number of nitrogens with two attached hydrogens (primary N) is 1. The number of ether oxygens (including phenoxy) is 1. The Morgan fingerprint density at radius 2 is 1.84 bits per heavy atom. The zero-order chi connectivity index (χ0) is 17.6. The third kappa shape index (κ3) is 4.55. The third-order valence-electron chi connectivity index (χ3n) is 5.45. The minimum Gasteiger partial charge on any atom is -0.492 e. The lowest BCUT2D eigenvalue weighted by Gasteiger charge is -2.43. The summed E-state index contributed by atoms with van der Waals surface area (Å²) in [7, 11) is 0. The van der Waals surface area contributed by atoms with Crippen LogP contribution in [0.15, 0.2) is 18.2 Å². The van der Waals surface area contributed by atoms with Crippen LogP contribution in [-0.4, -0.2) is 74.9 Å². The number of halogens is 1. The Hall–Kier alpha value is -1.53. The summed E-state index contributed by atoms with van der Waals surface area (Å²) >= 11 is 0. The van der Waals surface area contributed by atoms with Gasteiger partial charge in [0.25, 0.3) is 0 Å². The zero-order valence-electron chi connectivity index (χ0n) is 15.3. The van der Waals surface area contributed by atoms with E-state index in [-0.39, 0.29) is 6.67 Å². The van der Waals surface area contributed by atoms with E-state index in [4.69, 9.17) is 10.5 Å². The van der Waals surface area contributed by atoms with Gasteiger partial charge in [0.05, 0.1) is 12.3 Å². The van der Waals surface area contributed by atoms with Crippen molar-refractivity contribution >= 4 is 11.4 Å². The number of rotatable bonds is 6. The molecule has 0 atom stereocenters. The summed E-state index contributed by atoms with van der Waals surface area (Å²) in [5, 5.41) is 0. The Kier molecular flexibility index (Phi) is 6.37. The molecule has 0 saturated carbocycles. The Labute approximate surface area is 150 Å². The van der Waals surface area contributed by atoms with E-state index in [1.54, 1.807) is 0 Å². The summed E-state index contributed by atoms with van der Waals surface area (Å²) < 4.78 is 18.1. The molecule has 0 amide bonds. The molecule has 2 aliphatic rings. The minimum absolute atomic E-state index is 0.232. The fraction of sp³-hybridized carbons (Fsp3) is 0.684. The van der Waals surface area contributed by atoms with Crippen molar-refractivity contribution in [3.63, 3.8) is 0 Å². The topological polar surface area (TPSA) is 45.0 Å². The van der Waals surface area contributed by atoms with Gasteiger partial charge in [-0.05, 0) is 31.9 Å². The second-order valence-electron chi connectivity index (χ2n) is 6.94. The van der Waals surface area contributed by atoms with Crippen LogP contribution < -0.4 is 15.4 Å². The fourth-order valence-electron chi connectivity index (χ4n) is 3.96. The molecule has 0 aliphatic carbocycles. The van der Waals surface area contributed by atoms with Gasteiger partial charge in [0.2, 0.25) is 0 Å². The largest absolute Gasteiger partial charge is 0.492 e. The molecule has 1 aromatic rings. The molecule has 2 heterocycles. The Morgan fingerprint density at radius 1 is 1.12 bits per heavy atom. The minimum atomic E-state index is -0.232. The smallest absolute Gasteiger partial charge is 0.144 e. The van der Waals surface area contributed by atoms with Gasteiger partial charge in [-0.15, -0.1) is 0 Å². The number of benzene rings is 1. The average molecular weight is 350 g/mol. The summed E-state index contributed by atoms with van der Waals surface area (Å²) in [5.74, 6) is 0.783. The molecule has 0 bridgehead atoms. The summed E-state index contributed by atoms with van der Waals surface area (Å²) in [6, 6.07) is 6.75. The first kappa shape index (κ1) is 18.3. The van der Waals surface area contributed by atoms with Crippen LogP contribution in [0.5, 0.6) is 5.75 Å². The van der Waals surface area contributed by atoms with E-state index in [2.05, 4.69) is 26.8 Å². The first-order valence-electron chi connectivity index (χ1n) is 9.51. The number of hydrogen-bond acceptors (Lipinski definition) is 5. The first-order chi connectivity index (χ1) is 12.2. The van der Waals surface area contributed by atoms with E-state index in [1.165, 1.54) is 18.5 Å². The van der Waals surface area contributed by atoms with Crippen molar-refractivity contribution in [1.82, 2.24) is 9.80 Å². The molecule has 25 heavy (non-hydrogen) atoms. The third-order valence-corrected chi connectivity index (χ3v) is 5.45. The van der Waals surface area contributed by atoms with E-state index in [9.17, 15) is 4.39 Å². The highest BCUT2D eigenvalue weighted by Crippen LogP contribution is 2.30. The highest BCUT2D eigenvalue weighted by Gasteiger charge is 2.27. The second kappa shape index (κ2) is 8.72. The van der Waals surface area contributed by atoms with Crippen LogP contribution in [0.2, 0.25) is 0 Å². The van der Waals surface area contributed by atoms with Gasteiger partial charge < -0.3 is 15.4 Å². The fourth-order valence-corrected chi connectivity index (χ4v) is 3.96. The van der Waals surface area contributed by atoms with Crippen LogP contribution >= 0.6 is 0 Å². The normalized spacial score (nSPS) is 20.8. The van der Waals surface area contributed by atoms with Gasteiger partial charge in [0.1, 0.15) is 12.4 Å². The van der Waals surface area contributed by atoms with Gasteiger partial charge in [-0.1, -0.05) is 0 Å². The molecule has 1 aromatic carbocycles. The standard InChI is InChI=1S/C19H31FN4O/c1-2-25-19-15-17(3-4-18(19)21)23-8-5-16(6-9-23)24-13-11-22(10-7-20)12-14-24/h3-4,15-16H,2,5-14,21H2,1H3. The molecule has 0 aromatic heterocycles. The van der Waals surface area contributed by atoms with E-state index in [0.717, 1.165) is 45.0 Å². The first-order valence-corrected chi connectivity index (χ1v) is 9.51. The predicted octanol–water partition coefficient (Wildman–Crippen LogP) is 2.22. The monoisotopic (exact) mass is 350 g/mol. The molecule has 6 heteroatoms. The molecule has 5 nitrogen and oxygen atoms in total. The van der Waals surface area contributed by atoms with Crippen molar-refractivity contribution in [3.8, 4) is 5.75 Å². The van der Waals surface area contributed by atoms with E-state index >= 15 is 0 Å². The van der Waals surface area contributed by atoms with Gasteiger partial charge in [-0.2, -0.15) is 0 Å². The molecule has 2 fully saturated rings. The lowest BCUT2D eigenvalue weighted by molar-refractivity contribution is 0.0816. The lowest BCUT2D eigenvalue weighted by atomic mass is 10.0. The molecule has 3 rings (SSSR count). The number of anilines is 2. The highest BCUT2D eigenvalue weighted by molar-refractivity contribution is 5.62. The molecule has 0 radical (unpaired) electrons. The van der Waals surface area contributed by atoms with Crippen molar-refractivity contribution in [2.75, 3.05) is 69.7 Å². The van der Waals surface area contributed by atoms with E-state index in [1.807, 2.05) is 13.0 Å². The Bertz CT molecular complexity index is 540. The van der Waals surface area contributed by atoms with Gasteiger partial charge >= 0.3 is 0 Å². The molecular formula is C19H31FN4O. The molecule has 2 saturated heterocycles. The van der Waals surface area contributed by atoms with Crippen molar-refractivity contribution in [2.24, 2.45) is 0 Å². The van der Waals surface area contributed by atoms with Gasteiger partial charge in [-0.25, -0.2) is 4.39 Å². The number of alkyl halides is 1. The summed E-state index contributed by atoms with van der Waals surface area (Å²) in [6.45, 7) is 9.22. The molecule has 2 N–H and O–H groups in total. The zero-order valence-corrected chi connectivity index (χ0v) is 15.3. The Morgan fingerprint density at radius 3 is 2.48 bits per heavy atom. The van der Waals surface area contributed by atoms with Gasteiger partial charge in [-0.3, -0.25) is 9.80 Å². The maximum absolute atomic E-state index is 12.5. The summed E-state index contributed by atoms with van der Waals surface area (Å²) in [4.78, 5) is 7.26. The van der Waals surface area contributed by atoms with Gasteiger partial charge in [0, 0.05) is 63.6 Å². The Balaban J connectivity index is 1.51. The van der Waals surface area contributed by atoms with Crippen LogP contribution in [0.3, 0.4) is 0 Å². The van der Waals surface area contributed by atoms with E-state index in [0.29, 0.717) is 24.9 Å². The summed E-state index contributed by atoms with van der Waals surface area (Å²) in [5.41, 5.74) is 7.88. The maximum Gasteiger partial charge on any atom is 0.144 e. The molecule has 2 aliphatic heterocycles. The molecule has 0 spiro atoms. The number of nitrogen functional groups attached to an aromatic ring is 1. The number of hydrogen-bond donors (Lipinski definition) is 1. The van der Waals surface area contributed by atoms with Crippen molar-refractivity contribution < 1.29 is 9.13 Å².